The topological polar surface area (TPSA) is 99.7 Å². The van der Waals surface area contributed by atoms with Gasteiger partial charge in [0.2, 0.25) is 0 Å². The number of methoxy groups -OCH3 is 1. The molecule has 4 rings (SSSR count). The van der Waals surface area contributed by atoms with Gasteiger partial charge in [0.1, 0.15) is 5.75 Å². The molecule has 0 saturated heterocycles. The fraction of sp³-hybridized carbons (Fsp3) is 0.450. The van der Waals surface area contributed by atoms with E-state index in [4.69, 9.17) is 15.2 Å². The van der Waals surface area contributed by atoms with E-state index in [1.165, 1.54) is 12.0 Å². The van der Waals surface area contributed by atoms with Crippen molar-refractivity contribution in [2.24, 2.45) is 5.73 Å². The van der Waals surface area contributed by atoms with Gasteiger partial charge in [-0.05, 0) is 44.7 Å². The number of fused-ring (bicyclic) bond motifs is 1. The van der Waals surface area contributed by atoms with E-state index in [1.54, 1.807) is 18.3 Å². The summed E-state index contributed by atoms with van der Waals surface area (Å²) in [6.07, 6.45) is 4.10. The zero-order valence-corrected chi connectivity index (χ0v) is 16.3. The fourth-order valence-electron chi connectivity index (χ4n) is 3.72. The molecule has 2 N–H and O–H groups in total. The second-order valence-corrected chi connectivity index (χ2v) is 7.44. The molecule has 2 aliphatic rings. The van der Waals surface area contributed by atoms with Crippen LogP contribution in [0.4, 0.5) is 14.9 Å². The van der Waals surface area contributed by atoms with E-state index in [2.05, 4.69) is 5.10 Å². The summed E-state index contributed by atoms with van der Waals surface area (Å²) in [5.41, 5.74) is 7.62. The summed E-state index contributed by atoms with van der Waals surface area (Å²) in [6.45, 7) is 1.91. The molecular formula is C20H23FN4O4. The van der Waals surface area contributed by atoms with E-state index in [9.17, 15) is 14.0 Å². The van der Waals surface area contributed by atoms with E-state index in [1.807, 2.05) is 17.8 Å². The van der Waals surface area contributed by atoms with Crippen LogP contribution in [0, 0.1) is 0 Å². The third kappa shape index (κ3) is 3.52. The zero-order valence-electron chi connectivity index (χ0n) is 16.3. The number of primary amides is 1. The molecule has 1 fully saturated rings. The maximum atomic E-state index is 14.2. The number of rotatable bonds is 5. The van der Waals surface area contributed by atoms with Crippen molar-refractivity contribution in [1.29, 1.82) is 0 Å². The Morgan fingerprint density at radius 1 is 1.31 bits per heavy atom. The van der Waals surface area contributed by atoms with Crippen molar-refractivity contribution < 1.29 is 23.5 Å². The Labute approximate surface area is 167 Å². The summed E-state index contributed by atoms with van der Waals surface area (Å²) in [4.78, 5) is 25.2. The molecule has 2 atom stereocenters. The third-order valence-corrected chi connectivity index (χ3v) is 5.40. The van der Waals surface area contributed by atoms with Crippen molar-refractivity contribution in [1.82, 2.24) is 9.78 Å². The highest BCUT2D eigenvalue weighted by Crippen LogP contribution is 2.44. The van der Waals surface area contributed by atoms with Gasteiger partial charge in [0.25, 0.3) is 5.91 Å². The molecule has 1 aliphatic heterocycles. The van der Waals surface area contributed by atoms with Gasteiger partial charge < -0.3 is 15.2 Å². The van der Waals surface area contributed by atoms with Crippen LogP contribution in [-0.4, -0.2) is 41.3 Å². The number of carbonyl (C=O) groups excluding carboxylic acids is 2. The highest BCUT2D eigenvalue weighted by molar-refractivity contribution is 5.92. The fourth-order valence-corrected chi connectivity index (χ4v) is 3.72. The molecular weight excluding hydrogens is 379 g/mol. The molecule has 2 heterocycles. The molecule has 1 aromatic heterocycles. The maximum absolute atomic E-state index is 14.2. The first kappa shape index (κ1) is 19.2. The number of nitrogens with two attached hydrogens (primary N) is 1. The van der Waals surface area contributed by atoms with Crippen molar-refractivity contribution in [3.8, 4) is 16.9 Å². The lowest BCUT2D eigenvalue weighted by Crippen LogP contribution is -2.42. The molecule has 2 amide bonds. The van der Waals surface area contributed by atoms with Crippen LogP contribution < -0.4 is 15.4 Å². The predicted octanol–water partition coefficient (Wildman–Crippen LogP) is 2.95. The third-order valence-electron chi connectivity index (χ3n) is 5.40. The maximum Gasteiger partial charge on any atom is 0.414 e. The van der Waals surface area contributed by atoms with Crippen LogP contribution in [0.15, 0.2) is 24.5 Å². The molecule has 0 radical (unpaired) electrons. The highest BCUT2D eigenvalue weighted by atomic mass is 19.1. The molecule has 0 spiro atoms. The first-order valence-corrected chi connectivity index (χ1v) is 9.58. The molecule has 1 saturated carbocycles. The molecule has 8 nitrogen and oxygen atoms in total. The Kier molecular flexibility index (Phi) is 4.89. The number of hydrogen-bond donors (Lipinski definition) is 1. The Morgan fingerprint density at radius 2 is 2.07 bits per heavy atom. The standard InChI is InChI=1S/C20H23FN4O4/c1-11-3-6-15-16(25(11)20(27)28-2)8-7-14(17(15)29-18(21)19(22)26)12-9-23-24(10-12)13-4-5-13/h7-11,13,18H,3-6H2,1-2H3,(H2,22,26)/t11?,18-/m0/s1. The van der Waals surface area contributed by atoms with Crippen molar-refractivity contribution in [3.63, 3.8) is 0 Å². The molecule has 1 unspecified atom stereocenters. The number of aromatic nitrogens is 2. The highest BCUT2D eigenvalue weighted by Gasteiger charge is 2.33. The van der Waals surface area contributed by atoms with Gasteiger partial charge >= 0.3 is 12.5 Å². The second-order valence-electron chi connectivity index (χ2n) is 7.44. The van der Waals surface area contributed by atoms with E-state index >= 15 is 0 Å². The Bertz CT molecular complexity index is 956. The summed E-state index contributed by atoms with van der Waals surface area (Å²) < 4.78 is 26.4. The quantitative estimate of drug-likeness (QED) is 0.829. The molecule has 1 aliphatic carbocycles. The molecule has 154 valence electrons. The average molecular weight is 402 g/mol. The first-order valence-electron chi connectivity index (χ1n) is 9.58. The van der Waals surface area contributed by atoms with Crippen molar-refractivity contribution in [3.05, 3.63) is 30.1 Å². The van der Waals surface area contributed by atoms with Gasteiger partial charge in [-0.15, -0.1) is 0 Å². The summed E-state index contributed by atoms with van der Waals surface area (Å²) in [6, 6.07) is 3.82. The lowest BCUT2D eigenvalue weighted by Gasteiger charge is -2.35. The number of nitrogens with zero attached hydrogens (tertiary/aromatic N) is 3. The number of ether oxygens (including phenoxy) is 2. The number of amides is 2. The van der Waals surface area contributed by atoms with Crippen LogP contribution in [0.1, 0.15) is 37.8 Å². The van der Waals surface area contributed by atoms with Gasteiger partial charge in [-0.25, -0.2) is 4.79 Å². The molecule has 1 aromatic carbocycles. The predicted molar refractivity (Wildman–Crippen MR) is 103 cm³/mol. The van der Waals surface area contributed by atoms with Gasteiger partial charge in [-0.1, -0.05) is 0 Å². The second kappa shape index (κ2) is 7.38. The summed E-state index contributed by atoms with van der Waals surface area (Å²) in [7, 11) is 1.31. The van der Waals surface area contributed by atoms with E-state index in [0.717, 1.165) is 18.4 Å². The normalized spacial score (nSPS) is 19.4. The van der Waals surface area contributed by atoms with Crippen LogP contribution in [0.25, 0.3) is 11.1 Å². The Balaban J connectivity index is 1.83. The SMILES string of the molecule is COC(=O)N1c2ccc(-c3cnn(C4CC4)c3)c(O[C@H](F)C(N)=O)c2CCC1C. The van der Waals surface area contributed by atoms with Crippen LogP contribution in [-0.2, 0) is 16.0 Å². The molecule has 29 heavy (non-hydrogen) atoms. The van der Waals surface area contributed by atoms with E-state index in [-0.39, 0.29) is 11.8 Å². The average Bonchev–Trinajstić information content (AvgIpc) is 3.44. The number of benzene rings is 1. The minimum absolute atomic E-state index is 0.0939. The lowest BCUT2D eigenvalue weighted by molar-refractivity contribution is -0.131. The van der Waals surface area contributed by atoms with E-state index in [0.29, 0.717) is 35.7 Å². The smallest absolute Gasteiger partial charge is 0.414 e. The number of carbonyl (C=O) groups is 2. The first-order chi connectivity index (χ1) is 13.9. The minimum atomic E-state index is -2.30. The number of halogens is 1. The summed E-state index contributed by atoms with van der Waals surface area (Å²) in [5.74, 6) is -1.01. The van der Waals surface area contributed by atoms with Gasteiger partial charge in [-0.3, -0.25) is 14.4 Å². The molecule has 0 bridgehead atoms. The number of alkyl halides is 1. The van der Waals surface area contributed by atoms with Crippen molar-refractivity contribution >= 4 is 17.7 Å². The summed E-state index contributed by atoms with van der Waals surface area (Å²) >= 11 is 0. The monoisotopic (exact) mass is 402 g/mol. The zero-order chi connectivity index (χ0) is 20.7. The largest absolute Gasteiger partial charge is 0.452 e. The molecule has 9 heteroatoms. The van der Waals surface area contributed by atoms with Crippen molar-refractivity contribution in [2.75, 3.05) is 12.0 Å². The van der Waals surface area contributed by atoms with Crippen LogP contribution in [0.5, 0.6) is 5.75 Å². The van der Waals surface area contributed by atoms with Gasteiger partial charge in [0.15, 0.2) is 0 Å². The van der Waals surface area contributed by atoms with Crippen molar-refractivity contribution in [2.45, 2.75) is 51.0 Å². The summed E-state index contributed by atoms with van der Waals surface area (Å²) in [5, 5.41) is 4.38. The van der Waals surface area contributed by atoms with Gasteiger partial charge in [0.05, 0.1) is 25.0 Å². The lowest BCUT2D eigenvalue weighted by atomic mass is 9.92. The molecule has 2 aromatic rings. The Hall–Kier alpha value is -3.10. The van der Waals surface area contributed by atoms with Gasteiger partial charge in [-0.2, -0.15) is 9.49 Å². The minimum Gasteiger partial charge on any atom is -0.452 e. The Morgan fingerprint density at radius 3 is 2.72 bits per heavy atom. The van der Waals surface area contributed by atoms with Crippen LogP contribution in [0.2, 0.25) is 0 Å². The van der Waals surface area contributed by atoms with Crippen LogP contribution >= 0.6 is 0 Å². The van der Waals surface area contributed by atoms with E-state index < -0.39 is 18.4 Å². The van der Waals surface area contributed by atoms with Gasteiger partial charge in [0, 0.05) is 28.9 Å². The van der Waals surface area contributed by atoms with Crippen LogP contribution in [0.3, 0.4) is 0 Å². The number of hydrogen-bond acceptors (Lipinski definition) is 5. The number of anilines is 1.